The molecule has 112 valence electrons. The Morgan fingerprint density at radius 2 is 2.15 bits per heavy atom. The second-order valence-electron chi connectivity index (χ2n) is 5.68. The Morgan fingerprint density at radius 1 is 1.40 bits per heavy atom. The van der Waals surface area contributed by atoms with Gasteiger partial charge in [-0.15, -0.1) is 0 Å². The first-order valence-corrected chi connectivity index (χ1v) is 8.73. The van der Waals surface area contributed by atoms with Gasteiger partial charge in [-0.3, -0.25) is 0 Å². The Morgan fingerprint density at radius 3 is 2.75 bits per heavy atom. The summed E-state index contributed by atoms with van der Waals surface area (Å²) >= 11 is 9.70. The molecule has 4 heteroatoms. The lowest BCUT2D eigenvalue weighted by Crippen LogP contribution is -2.30. The van der Waals surface area contributed by atoms with E-state index in [1.54, 1.807) is 0 Å². The van der Waals surface area contributed by atoms with Gasteiger partial charge in [0.05, 0.1) is 0 Å². The van der Waals surface area contributed by atoms with E-state index in [1.807, 2.05) is 18.2 Å². The molecule has 20 heavy (non-hydrogen) atoms. The zero-order valence-electron chi connectivity index (χ0n) is 12.1. The van der Waals surface area contributed by atoms with Crippen molar-refractivity contribution >= 4 is 27.5 Å². The van der Waals surface area contributed by atoms with Crippen LogP contribution in [0.1, 0.15) is 50.6 Å². The molecule has 1 saturated carbocycles. The molecule has 0 aliphatic heterocycles. The fourth-order valence-corrected chi connectivity index (χ4v) is 3.35. The molecule has 0 aromatic heterocycles. The summed E-state index contributed by atoms with van der Waals surface area (Å²) in [5.41, 5.74) is 7.37. The van der Waals surface area contributed by atoms with Gasteiger partial charge >= 0.3 is 0 Å². The number of rotatable bonds is 8. The standard InChI is InChI=1S/C16H24BrClN2/c1-2-3-9-20(13-5-6-13)10-8-16(19)14-7-4-12(17)11-15(14)18/h4,7,11,13,16H,2-3,5-6,8-10,19H2,1H3. The molecule has 1 fully saturated rings. The minimum atomic E-state index is 0.0264. The maximum Gasteiger partial charge on any atom is 0.0464 e. The summed E-state index contributed by atoms with van der Waals surface area (Å²) in [7, 11) is 0. The van der Waals surface area contributed by atoms with Crippen molar-refractivity contribution in [2.24, 2.45) is 5.73 Å². The molecule has 2 rings (SSSR count). The van der Waals surface area contributed by atoms with Crippen LogP contribution in [-0.4, -0.2) is 24.0 Å². The second kappa shape index (κ2) is 7.79. The van der Waals surface area contributed by atoms with Gasteiger partial charge in [0.25, 0.3) is 0 Å². The highest BCUT2D eigenvalue weighted by Crippen LogP contribution is 2.30. The first-order chi connectivity index (χ1) is 9.61. The summed E-state index contributed by atoms with van der Waals surface area (Å²) in [6, 6.07) is 6.81. The van der Waals surface area contributed by atoms with E-state index in [0.717, 1.165) is 34.1 Å². The summed E-state index contributed by atoms with van der Waals surface area (Å²) in [4.78, 5) is 2.61. The predicted octanol–water partition coefficient (Wildman–Crippen LogP) is 4.76. The van der Waals surface area contributed by atoms with Gasteiger partial charge < -0.3 is 10.6 Å². The Bertz CT molecular complexity index is 434. The van der Waals surface area contributed by atoms with Crippen molar-refractivity contribution in [2.45, 2.75) is 51.1 Å². The van der Waals surface area contributed by atoms with Crippen LogP contribution >= 0.6 is 27.5 Å². The van der Waals surface area contributed by atoms with Crippen LogP contribution in [0, 0.1) is 0 Å². The molecule has 0 saturated heterocycles. The molecule has 1 atom stereocenters. The molecule has 0 amide bonds. The molecule has 2 N–H and O–H groups in total. The van der Waals surface area contributed by atoms with E-state index in [4.69, 9.17) is 17.3 Å². The number of halogens is 2. The van der Waals surface area contributed by atoms with Gasteiger partial charge in [0, 0.05) is 28.1 Å². The van der Waals surface area contributed by atoms with Crippen LogP contribution < -0.4 is 5.73 Å². The molecule has 1 aliphatic carbocycles. The third-order valence-corrected chi connectivity index (χ3v) is 4.77. The van der Waals surface area contributed by atoms with Crippen molar-refractivity contribution in [3.63, 3.8) is 0 Å². The highest BCUT2D eigenvalue weighted by atomic mass is 79.9. The zero-order valence-corrected chi connectivity index (χ0v) is 14.5. The first kappa shape index (κ1) is 16.3. The molecule has 1 aromatic rings. The number of nitrogens with two attached hydrogens (primary N) is 1. The lowest BCUT2D eigenvalue weighted by Gasteiger charge is -2.24. The summed E-state index contributed by atoms with van der Waals surface area (Å²) in [6.07, 6.45) is 6.23. The van der Waals surface area contributed by atoms with E-state index in [0.29, 0.717) is 0 Å². The van der Waals surface area contributed by atoms with E-state index in [2.05, 4.69) is 27.8 Å². The van der Waals surface area contributed by atoms with Gasteiger partial charge in [0.2, 0.25) is 0 Å². The third-order valence-electron chi connectivity index (χ3n) is 3.95. The van der Waals surface area contributed by atoms with Crippen LogP contribution in [0.5, 0.6) is 0 Å². The number of hydrogen-bond donors (Lipinski definition) is 1. The van der Waals surface area contributed by atoms with Gasteiger partial charge in [-0.05, 0) is 49.9 Å². The molecule has 1 aliphatic rings. The van der Waals surface area contributed by atoms with Gasteiger partial charge in [-0.2, -0.15) is 0 Å². The maximum absolute atomic E-state index is 6.32. The zero-order chi connectivity index (χ0) is 14.5. The minimum Gasteiger partial charge on any atom is -0.324 e. The maximum atomic E-state index is 6.32. The Kier molecular flexibility index (Phi) is 6.34. The number of unbranched alkanes of at least 4 members (excludes halogenated alkanes) is 1. The molecular formula is C16H24BrClN2. The van der Waals surface area contributed by atoms with Crippen molar-refractivity contribution in [2.75, 3.05) is 13.1 Å². The number of benzene rings is 1. The van der Waals surface area contributed by atoms with Crippen molar-refractivity contribution in [3.05, 3.63) is 33.3 Å². The molecule has 0 heterocycles. The fraction of sp³-hybridized carbons (Fsp3) is 0.625. The van der Waals surface area contributed by atoms with E-state index in [9.17, 15) is 0 Å². The monoisotopic (exact) mass is 358 g/mol. The largest absolute Gasteiger partial charge is 0.324 e. The van der Waals surface area contributed by atoms with Gasteiger partial charge in [-0.25, -0.2) is 0 Å². The van der Waals surface area contributed by atoms with E-state index in [1.165, 1.54) is 32.2 Å². The Labute approximate surface area is 135 Å². The van der Waals surface area contributed by atoms with Crippen molar-refractivity contribution in [3.8, 4) is 0 Å². The van der Waals surface area contributed by atoms with Crippen LogP contribution in [0.15, 0.2) is 22.7 Å². The highest BCUT2D eigenvalue weighted by Gasteiger charge is 2.28. The predicted molar refractivity (Wildman–Crippen MR) is 90.2 cm³/mol. The van der Waals surface area contributed by atoms with E-state index in [-0.39, 0.29) is 6.04 Å². The Hall–Kier alpha value is -0.0900. The molecule has 1 unspecified atom stereocenters. The van der Waals surface area contributed by atoms with Crippen molar-refractivity contribution in [1.82, 2.24) is 4.90 Å². The van der Waals surface area contributed by atoms with Crippen LogP contribution in [0.25, 0.3) is 0 Å². The quantitative estimate of drug-likeness (QED) is 0.725. The van der Waals surface area contributed by atoms with E-state index >= 15 is 0 Å². The molecule has 0 bridgehead atoms. The highest BCUT2D eigenvalue weighted by molar-refractivity contribution is 9.10. The van der Waals surface area contributed by atoms with E-state index < -0.39 is 0 Å². The van der Waals surface area contributed by atoms with Crippen molar-refractivity contribution < 1.29 is 0 Å². The van der Waals surface area contributed by atoms with Crippen LogP contribution in [0.4, 0.5) is 0 Å². The smallest absolute Gasteiger partial charge is 0.0464 e. The Balaban J connectivity index is 1.88. The van der Waals surface area contributed by atoms with Gasteiger partial charge in [0.1, 0.15) is 0 Å². The summed E-state index contributed by atoms with van der Waals surface area (Å²) in [5, 5.41) is 0.762. The average Bonchev–Trinajstić information content (AvgIpc) is 3.23. The average molecular weight is 360 g/mol. The number of nitrogens with zero attached hydrogens (tertiary/aromatic N) is 1. The van der Waals surface area contributed by atoms with Crippen LogP contribution in [-0.2, 0) is 0 Å². The fourth-order valence-electron chi connectivity index (χ4n) is 2.54. The van der Waals surface area contributed by atoms with Crippen LogP contribution in [0.3, 0.4) is 0 Å². The molecule has 2 nitrogen and oxygen atoms in total. The normalized spacial score (nSPS) is 16.6. The lowest BCUT2D eigenvalue weighted by atomic mass is 10.0. The van der Waals surface area contributed by atoms with Gasteiger partial charge in [0.15, 0.2) is 0 Å². The van der Waals surface area contributed by atoms with Crippen molar-refractivity contribution in [1.29, 1.82) is 0 Å². The molecule has 0 spiro atoms. The second-order valence-corrected chi connectivity index (χ2v) is 7.00. The lowest BCUT2D eigenvalue weighted by molar-refractivity contribution is 0.249. The molecular weight excluding hydrogens is 336 g/mol. The molecule has 0 radical (unpaired) electrons. The van der Waals surface area contributed by atoms with Crippen LogP contribution in [0.2, 0.25) is 5.02 Å². The molecule has 1 aromatic carbocycles. The SMILES string of the molecule is CCCCN(CCC(N)c1ccc(Br)cc1Cl)C1CC1. The topological polar surface area (TPSA) is 29.3 Å². The number of hydrogen-bond acceptors (Lipinski definition) is 2. The minimum absolute atomic E-state index is 0.0264. The summed E-state index contributed by atoms with van der Waals surface area (Å²) in [5.74, 6) is 0. The van der Waals surface area contributed by atoms with Gasteiger partial charge in [-0.1, -0.05) is 46.9 Å². The first-order valence-electron chi connectivity index (χ1n) is 7.56. The summed E-state index contributed by atoms with van der Waals surface area (Å²) in [6.45, 7) is 4.54. The summed E-state index contributed by atoms with van der Waals surface area (Å²) < 4.78 is 1.00. The third kappa shape index (κ3) is 4.73.